The number of hydrogen-bond acceptors (Lipinski definition) is 7. The maximum absolute atomic E-state index is 13.9. The number of aliphatic hydroxyl groups is 2. The third-order valence-electron chi connectivity index (χ3n) is 6.77. The number of rotatable bonds is 12. The Morgan fingerprint density at radius 1 is 1.05 bits per heavy atom. The van der Waals surface area contributed by atoms with Crippen LogP contribution in [0.1, 0.15) is 47.3 Å². The van der Waals surface area contributed by atoms with Crippen LogP contribution in [0.25, 0.3) is 11.3 Å². The lowest BCUT2D eigenvalue weighted by Crippen LogP contribution is -2.30. The highest BCUT2D eigenvalue weighted by Crippen LogP contribution is 2.49. The van der Waals surface area contributed by atoms with Crippen molar-refractivity contribution in [1.82, 2.24) is 4.98 Å². The number of aromatic nitrogens is 1. The third-order valence-corrected chi connectivity index (χ3v) is 6.77. The summed E-state index contributed by atoms with van der Waals surface area (Å²) in [4.78, 5) is 17.9. The minimum absolute atomic E-state index is 0.00667. The van der Waals surface area contributed by atoms with Gasteiger partial charge in [0.05, 0.1) is 26.5 Å². The summed E-state index contributed by atoms with van der Waals surface area (Å²) in [6, 6.07) is 13.1. The average molecular weight is 510 g/mol. The summed E-state index contributed by atoms with van der Waals surface area (Å²) in [6.07, 6.45) is 1.98. The van der Waals surface area contributed by atoms with Gasteiger partial charge in [-0.3, -0.25) is 4.79 Å². The molecule has 0 radical (unpaired) electrons. The zero-order valence-corrected chi connectivity index (χ0v) is 21.3. The molecule has 2 N–H and O–H groups in total. The second-order valence-electron chi connectivity index (χ2n) is 9.27. The molecule has 1 aliphatic rings. The summed E-state index contributed by atoms with van der Waals surface area (Å²) in [5.74, 6) is 0.888. The molecule has 1 saturated carbocycles. The lowest BCUT2D eigenvalue weighted by atomic mass is 9.86. The Balaban J connectivity index is 1.59. The van der Waals surface area contributed by atoms with E-state index in [2.05, 4.69) is 0 Å². The van der Waals surface area contributed by atoms with Gasteiger partial charge in [-0.1, -0.05) is 0 Å². The topological polar surface area (TPSA) is 98.1 Å². The van der Waals surface area contributed by atoms with Crippen molar-refractivity contribution in [3.63, 3.8) is 0 Å². The van der Waals surface area contributed by atoms with E-state index in [1.807, 2.05) is 0 Å². The lowest BCUT2D eigenvalue weighted by Gasteiger charge is -2.28. The molecule has 2 aromatic carbocycles. The zero-order chi connectivity index (χ0) is 26.6. The van der Waals surface area contributed by atoms with Gasteiger partial charge in [0.25, 0.3) is 0 Å². The van der Waals surface area contributed by atoms with E-state index < -0.39 is 5.60 Å². The zero-order valence-electron chi connectivity index (χ0n) is 21.3. The van der Waals surface area contributed by atoms with Crippen LogP contribution in [-0.2, 0) is 5.60 Å². The molecule has 196 valence electrons. The van der Waals surface area contributed by atoms with Crippen LogP contribution >= 0.6 is 0 Å². The van der Waals surface area contributed by atoms with Crippen molar-refractivity contribution >= 4 is 5.78 Å². The van der Waals surface area contributed by atoms with Crippen LogP contribution in [0.4, 0.5) is 4.39 Å². The summed E-state index contributed by atoms with van der Waals surface area (Å²) < 4.78 is 30.1. The van der Waals surface area contributed by atoms with Crippen LogP contribution in [-0.4, -0.2) is 48.4 Å². The van der Waals surface area contributed by atoms with Gasteiger partial charge < -0.3 is 24.4 Å². The van der Waals surface area contributed by atoms with Crippen molar-refractivity contribution in [3.05, 3.63) is 71.2 Å². The van der Waals surface area contributed by atoms with Crippen molar-refractivity contribution in [2.24, 2.45) is 5.92 Å². The number of pyridine rings is 1. The Morgan fingerprint density at radius 3 is 2.43 bits per heavy atom. The van der Waals surface area contributed by atoms with Crippen LogP contribution in [0.2, 0.25) is 0 Å². The second-order valence-corrected chi connectivity index (χ2v) is 9.27. The Bertz CT molecular complexity index is 1280. The number of ketones is 1. The SMILES string of the molecule is COc1cc(C(=O)CC[C@](O)(c2ccc(OC)c(-c3ccc(F)c(C)c3)n2)C2CC2)ccc1OCCO. The van der Waals surface area contributed by atoms with Crippen LogP contribution in [0.3, 0.4) is 0 Å². The number of methoxy groups -OCH3 is 2. The van der Waals surface area contributed by atoms with Gasteiger partial charge in [-0.05, 0) is 86.2 Å². The standard InChI is InChI=1S/C29H32FNO6/c1-18-16-20(4-8-22(18)30)28-25(35-2)10-11-27(31-28)29(34,21-6-7-21)13-12-23(33)19-5-9-24(37-15-14-32)26(17-19)36-3/h4-5,8-11,16-17,21,32,34H,6-7,12-15H2,1-3H3/t29-/m1/s1. The molecule has 0 amide bonds. The Labute approximate surface area is 215 Å². The number of ether oxygens (including phenoxy) is 3. The Kier molecular flexibility index (Phi) is 8.10. The monoisotopic (exact) mass is 509 g/mol. The summed E-state index contributed by atoms with van der Waals surface area (Å²) in [5.41, 5.74) is 1.29. The van der Waals surface area contributed by atoms with Gasteiger partial charge in [-0.25, -0.2) is 9.37 Å². The molecule has 37 heavy (non-hydrogen) atoms. The molecule has 1 atom stereocenters. The van der Waals surface area contributed by atoms with E-state index >= 15 is 0 Å². The summed E-state index contributed by atoms with van der Waals surface area (Å²) in [6.45, 7) is 1.67. The number of carbonyl (C=O) groups is 1. The Morgan fingerprint density at radius 2 is 1.78 bits per heavy atom. The predicted octanol–water partition coefficient (Wildman–Crippen LogP) is 4.85. The van der Waals surface area contributed by atoms with Crippen molar-refractivity contribution in [2.75, 3.05) is 27.4 Å². The fraction of sp³-hybridized carbons (Fsp3) is 0.379. The third kappa shape index (κ3) is 5.76. The quantitative estimate of drug-likeness (QED) is 0.337. The second kappa shape index (κ2) is 11.3. The van der Waals surface area contributed by atoms with Gasteiger partial charge in [0, 0.05) is 17.5 Å². The smallest absolute Gasteiger partial charge is 0.163 e. The van der Waals surface area contributed by atoms with Gasteiger partial charge >= 0.3 is 0 Å². The first-order chi connectivity index (χ1) is 17.8. The molecule has 4 rings (SSSR count). The summed E-state index contributed by atoms with van der Waals surface area (Å²) in [5, 5.41) is 20.8. The number of aryl methyl sites for hydroxylation is 1. The molecule has 1 fully saturated rings. The first-order valence-electron chi connectivity index (χ1n) is 12.3. The average Bonchev–Trinajstić information content (AvgIpc) is 3.77. The van der Waals surface area contributed by atoms with E-state index in [0.29, 0.717) is 45.3 Å². The van der Waals surface area contributed by atoms with E-state index in [4.69, 9.17) is 24.3 Å². The largest absolute Gasteiger partial charge is 0.494 e. The minimum Gasteiger partial charge on any atom is -0.494 e. The fourth-order valence-electron chi connectivity index (χ4n) is 4.52. The number of aliphatic hydroxyl groups excluding tert-OH is 1. The van der Waals surface area contributed by atoms with Crippen molar-refractivity contribution < 1.29 is 33.6 Å². The van der Waals surface area contributed by atoms with Gasteiger partial charge in [0.15, 0.2) is 17.3 Å². The number of hydrogen-bond donors (Lipinski definition) is 2. The lowest BCUT2D eigenvalue weighted by molar-refractivity contribution is -0.00110. The van der Waals surface area contributed by atoms with Gasteiger partial charge in [0.1, 0.15) is 29.5 Å². The molecule has 0 unspecified atom stereocenters. The van der Waals surface area contributed by atoms with Gasteiger partial charge in [-0.15, -0.1) is 0 Å². The molecule has 3 aromatic rings. The number of benzene rings is 2. The number of halogens is 1. The van der Waals surface area contributed by atoms with Crippen molar-refractivity contribution in [1.29, 1.82) is 0 Å². The first kappa shape index (κ1) is 26.6. The van der Waals surface area contributed by atoms with Crippen molar-refractivity contribution in [3.8, 4) is 28.5 Å². The van der Waals surface area contributed by atoms with Gasteiger partial charge in [0.2, 0.25) is 0 Å². The number of carbonyl (C=O) groups excluding carboxylic acids is 1. The highest BCUT2D eigenvalue weighted by Gasteiger charge is 2.46. The van der Waals surface area contributed by atoms with E-state index in [1.54, 1.807) is 49.4 Å². The first-order valence-corrected chi connectivity index (χ1v) is 12.3. The predicted molar refractivity (Wildman–Crippen MR) is 137 cm³/mol. The summed E-state index contributed by atoms with van der Waals surface area (Å²) >= 11 is 0. The normalized spacial score (nSPS) is 14.6. The molecule has 0 bridgehead atoms. The number of Topliss-reactive ketones (excluding diaryl/α,β-unsaturated/α-hetero) is 1. The highest BCUT2D eigenvalue weighted by molar-refractivity contribution is 5.96. The molecular formula is C29H32FNO6. The maximum Gasteiger partial charge on any atom is 0.163 e. The minimum atomic E-state index is -1.29. The van der Waals surface area contributed by atoms with Crippen LogP contribution in [0.5, 0.6) is 17.2 Å². The maximum atomic E-state index is 13.9. The molecule has 1 aromatic heterocycles. The van der Waals surface area contributed by atoms with E-state index in [1.165, 1.54) is 20.3 Å². The molecule has 0 saturated heterocycles. The molecule has 0 spiro atoms. The van der Waals surface area contributed by atoms with Crippen LogP contribution < -0.4 is 14.2 Å². The van der Waals surface area contributed by atoms with Gasteiger partial charge in [-0.2, -0.15) is 0 Å². The molecular weight excluding hydrogens is 477 g/mol. The van der Waals surface area contributed by atoms with Crippen LogP contribution in [0.15, 0.2) is 48.5 Å². The van der Waals surface area contributed by atoms with Crippen LogP contribution in [0, 0.1) is 18.7 Å². The highest BCUT2D eigenvalue weighted by atomic mass is 19.1. The van der Waals surface area contributed by atoms with E-state index in [-0.39, 0.29) is 43.6 Å². The Hall–Kier alpha value is -3.49. The van der Waals surface area contributed by atoms with E-state index in [0.717, 1.165) is 12.8 Å². The summed E-state index contributed by atoms with van der Waals surface area (Å²) in [7, 11) is 3.02. The molecule has 7 nitrogen and oxygen atoms in total. The molecule has 1 heterocycles. The van der Waals surface area contributed by atoms with Crippen molar-refractivity contribution in [2.45, 2.75) is 38.2 Å². The molecule has 1 aliphatic carbocycles. The molecule has 8 heteroatoms. The fourth-order valence-corrected chi connectivity index (χ4v) is 4.52. The van der Waals surface area contributed by atoms with E-state index in [9.17, 15) is 14.3 Å². The number of nitrogens with zero attached hydrogens (tertiary/aromatic N) is 1. The molecule has 0 aliphatic heterocycles.